The fraction of sp³-hybridized carbons (Fsp3) is 0.292. The van der Waals surface area contributed by atoms with Crippen LogP contribution in [0.5, 0.6) is 5.75 Å². The van der Waals surface area contributed by atoms with Crippen molar-refractivity contribution < 1.29 is 23.1 Å². The van der Waals surface area contributed by atoms with Gasteiger partial charge in [0.1, 0.15) is 28.3 Å². The molecule has 170 valence electrons. The lowest BCUT2D eigenvalue weighted by Gasteiger charge is -2.49. The molecule has 7 nitrogen and oxygen atoms in total. The zero-order chi connectivity index (χ0) is 22.9. The summed E-state index contributed by atoms with van der Waals surface area (Å²) in [6.45, 7) is 0.259. The lowest BCUT2D eigenvalue weighted by Crippen LogP contribution is -2.56. The largest absolute Gasteiger partial charge is 0.488 e. The molecule has 0 unspecified atom stereocenters. The molecule has 1 fully saturated rings. The van der Waals surface area contributed by atoms with Crippen molar-refractivity contribution in [3.05, 3.63) is 59.0 Å². The number of hydrogen-bond donors (Lipinski definition) is 1. The van der Waals surface area contributed by atoms with E-state index >= 15 is 0 Å². The standard InChI is InChI=1S/C24H22N2O5S2/c1-25-23(14-6-5-7-14)26(16-8-3-2-4-9-16)18-12-19-17(11-21(18)33(25,29)30)22-15(13-31-19)10-20(32-22)24(27)28/h2-4,8-12,14,23H,5-7,13H2,1H3,(H,27,28)/t23-/m0/s1. The van der Waals surface area contributed by atoms with Gasteiger partial charge in [0.2, 0.25) is 10.0 Å². The van der Waals surface area contributed by atoms with Crippen LogP contribution in [0.15, 0.2) is 53.4 Å². The van der Waals surface area contributed by atoms with E-state index in [0.29, 0.717) is 17.0 Å². The zero-order valence-electron chi connectivity index (χ0n) is 17.9. The molecular formula is C24H22N2O5S2. The van der Waals surface area contributed by atoms with Crippen LogP contribution >= 0.6 is 11.3 Å². The Morgan fingerprint density at radius 1 is 1.15 bits per heavy atom. The Bertz CT molecular complexity index is 1380. The minimum atomic E-state index is -3.75. The lowest BCUT2D eigenvalue weighted by atomic mass is 9.82. The quantitative estimate of drug-likeness (QED) is 0.571. The number of benzene rings is 2. The Labute approximate surface area is 195 Å². The molecule has 3 heterocycles. The molecule has 1 N–H and O–H groups in total. The number of carboxylic acid groups (broad SMARTS) is 1. The van der Waals surface area contributed by atoms with E-state index in [-0.39, 0.29) is 28.5 Å². The smallest absolute Gasteiger partial charge is 0.345 e. The van der Waals surface area contributed by atoms with Gasteiger partial charge in [0.25, 0.3) is 0 Å². The van der Waals surface area contributed by atoms with E-state index in [1.165, 1.54) is 4.31 Å². The SMILES string of the molecule is CN1[C@H](C2CCC2)N(c2ccccc2)c2cc3c(cc2S1(=O)=O)-c1sc(C(=O)O)cc1CO3. The summed E-state index contributed by atoms with van der Waals surface area (Å²) in [5, 5.41) is 9.42. The zero-order valence-corrected chi connectivity index (χ0v) is 19.5. The van der Waals surface area contributed by atoms with E-state index in [1.807, 2.05) is 36.4 Å². The van der Waals surface area contributed by atoms with E-state index < -0.39 is 16.0 Å². The van der Waals surface area contributed by atoms with E-state index in [0.717, 1.165) is 46.7 Å². The average Bonchev–Trinajstić information content (AvgIpc) is 3.21. The molecule has 1 atom stereocenters. The van der Waals surface area contributed by atoms with Crippen molar-refractivity contribution in [3.63, 3.8) is 0 Å². The molecular weight excluding hydrogens is 460 g/mol. The minimum absolute atomic E-state index is 0.213. The Hall–Kier alpha value is -2.88. The number of fused-ring (bicyclic) bond motifs is 4. The van der Waals surface area contributed by atoms with Gasteiger partial charge in [0, 0.05) is 34.8 Å². The Morgan fingerprint density at radius 3 is 2.58 bits per heavy atom. The van der Waals surface area contributed by atoms with Crippen LogP contribution in [0.1, 0.15) is 34.5 Å². The number of rotatable bonds is 3. The van der Waals surface area contributed by atoms with Crippen LogP contribution < -0.4 is 9.64 Å². The summed E-state index contributed by atoms with van der Waals surface area (Å²) in [5.74, 6) is -0.176. The molecule has 0 radical (unpaired) electrons. The maximum atomic E-state index is 13.7. The number of hydrogen-bond acceptors (Lipinski definition) is 6. The molecule has 2 aromatic carbocycles. The fourth-order valence-corrected chi connectivity index (χ4v) is 7.57. The van der Waals surface area contributed by atoms with Crippen LogP contribution in [0, 0.1) is 5.92 Å². The summed E-state index contributed by atoms with van der Waals surface area (Å²) in [4.78, 5) is 14.8. The molecule has 1 saturated carbocycles. The van der Waals surface area contributed by atoms with Crippen LogP contribution in [-0.4, -0.2) is 37.0 Å². The van der Waals surface area contributed by atoms with Crippen LogP contribution in [-0.2, 0) is 16.6 Å². The van der Waals surface area contributed by atoms with Gasteiger partial charge in [-0.15, -0.1) is 11.3 Å². The highest BCUT2D eigenvalue weighted by molar-refractivity contribution is 7.89. The van der Waals surface area contributed by atoms with Crippen molar-refractivity contribution >= 4 is 38.7 Å². The number of carbonyl (C=O) groups is 1. The third kappa shape index (κ3) is 3.03. The van der Waals surface area contributed by atoms with Crippen molar-refractivity contribution in [2.24, 2.45) is 5.92 Å². The van der Waals surface area contributed by atoms with Crippen LogP contribution in [0.4, 0.5) is 11.4 Å². The predicted octanol–water partition coefficient (Wildman–Crippen LogP) is 4.90. The van der Waals surface area contributed by atoms with Crippen molar-refractivity contribution in [3.8, 4) is 16.2 Å². The van der Waals surface area contributed by atoms with Gasteiger partial charge in [0.05, 0.1) is 5.69 Å². The average molecular weight is 483 g/mol. The van der Waals surface area contributed by atoms with Crippen molar-refractivity contribution in [2.75, 3.05) is 11.9 Å². The second-order valence-electron chi connectivity index (χ2n) is 8.71. The third-order valence-electron chi connectivity index (χ3n) is 6.87. The van der Waals surface area contributed by atoms with Gasteiger partial charge in [-0.2, -0.15) is 4.31 Å². The number of para-hydroxylation sites is 1. The Kier molecular flexibility index (Phi) is 4.59. The molecule has 33 heavy (non-hydrogen) atoms. The summed E-state index contributed by atoms with van der Waals surface area (Å²) in [6.07, 6.45) is 2.77. The molecule has 0 bridgehead atoms. The van der Waals surface area contributed by atoms with E-state index in [4.69, 9.17) is 4.74 Å². The van der Waals surface area contributed by atoms with Gasteiger partial charge in [-0.25, -0.2) is 13.2 Å². The van der Waals surface area contributed by atoms with Crippen molar-refractivity contribution in [1.82, 2.24) is 4.31 Å². The molecule has 3 aromatic rings. The topological polar surface area (TPSA) is 87.2 Å². The summed E-state index contributed by atoms with van der Waals surface area (Å²) in [5.41, 5.74) is 2.92. The number of ether oxygens (including phenoxy) is 1. The van der Waals surface area contributed by atoms with Gasteiger partial charge >= 0.3 is 5.97 Å². The highest BCUT2D eigenvalue weighted by Gasteiger charge is 2.47. The molecule has 0 amide bonds. The first-order chi connectivity index (χ1) is 15.9. The van der Waals surface area contributed by atoms with Gasteiger partial charge in [-0.3, -0.25) is 0 Å². The second kappa shape index (κ2) is 7.31. The number of thiophene rings is 1. The summed E-state index contributed by atoms with van der Waals surface area (Å²) >= 11 is 1.15. The van der Waals surface area contributed by atoms with Gasteiger partial charge in [-0.05, 0) is 43.0 Å². The molecule has 0 saturated heterocycles. The molecule has 0 spiro atoms. The molecule has 2 aliphatic heterocycles. The first-order valence-corrected chi connectivity index (χ1v) is 13.1. The normalized spacial score (nSPS) is 21.4. The minimum Gasteiger partial charge on any atom is -0.488 e. The number of sulfonamides is 1. The Morgan fingerprint density at radius 2 is 1.91 bits per heavy atom. The number of carboxylic acids is 1. The highest BCUT2D eigenvalue weighted by Crippen LogP contribution is 2.52. The van der Waals surface area contributed by atoms with Gasteiger partial charge in [-0.1, -0.05) is 24.6 Å². The van der Waals surface area contributed by atoms with E-state index in [9.17, 15) is 18.3 Å². The molecule has 1 aromatic heterocycles. The Balaban J connectivity index is 1.59. The first-order valence-electron chi connectivity index (χ1n) is 10.9. The molecule has 6 rings (SSSR count). The number of anilines is 2. The van der Waals surface area contributed by atoms with Crippen LogP contribution in [0.25, 0.3) is 10.4 Å². The lowest BCUT2D eigenvalue weighted by molar-refractivity contribution is 0.0702. The summed E-state index contributed by atoms with van der Waals surface area (Å²) < 4.78 is 34.9. The van der Waals surface area contributed by atoms with E-state index in [1.54, 1.807) is 19.2 Å². The van der Waals surface area contributed by atoms with Crippen molar-refractivity contribution in [1.29, 1.82) is 0 Å². The number of nitrogens with zero attached hydrogens (tertiary/aromatic N) is 2. The third-order valence-corrected chi connectivity index (χ3v) is 9.92. The van der Waals surface area contributed by atoms with Gasteiger partial charge in [0.15, 0.2) is 0 Å². The molecule has 3 aliphatic rings. The maximum Gasteiger partial charge on any atom is 0.345 e. The van der Waals surface area contributed by atoms with Gasteiger partial charge < -0.3 is 14.7 Å². The van der Waals surface area contributed by atoms with E-state index in [2.05, 4.69) is 4.90 Å². The summed E-state index contributed by atoms with van der Waals surface area (Å²) in [6, 6.07) is 14.9. The van der Waals surface area contributed by atoms with Crippen LogP contribution in [0.2, 0.25) is 0 Å². The predicted molar refractivity (Wildman–Crippen MR) is 126 cm³/mol. The highest BCUT2D eigenvalue weighted by atomic mass is 32.2. The second-order valence-corrected chi connectivity index (χ2v) is 11.7. The van der Waals surface area contributed by atoms with Crippen LogP contribution in [0.3, 0.4) is 0 Å². The maximum absolute atomic E-state index is 13.7. The monoisotopic (exact) mass is 482 g/mol. The first kappa shape index (κ1) is 20.7. The fourth-order valence-electron chi connectivity index (χ4n) is 4.99. The van der Waals surface area contributed by atoms with Crippen molar-refractivity contribution in [2.45, 2.75) is 36.9 Å². The molecule has 1 aliphatic carbocycles. The summed E-state index contributed by atoms with van der Waals surface area (Å²) in [7, 11) is -2.09. The molecule has 9 heteroatoms. The number of aromatic carboxylic acids is 1.